The van der Waals surface area contributed by atoms with Crippen LogP contribution in [-0.2, 0) is 4.74 Å². The Bertz CT molecular complexity index is 451. The van der Waals surface area contributed by atoms with Crippen LogP contribution in [0.1, 0.15) is 59.6 Å². The molecule has 5 heteroatoms. The topological polar surface area (TPSA) is 72.3 Å². The molecule has 3 rings (SSSR count). The summed E-state index contributed by atoms with van der Waals surface area (Å²) in [6, 6.07) is 0. The molecule has 1 aliphatic heterocycles. The molecule has 90 valence electrons. The smallest absolute Gasteiger partial charge is 0.339 e. The van der Waals surface area contributed by atoms with Gasteiger partial charge < -0.3 is 9.84 Å². The fraction of sp³-hybridized carbons (Fsp3) is 0.583. The van der Waals surface area contributed by atoms with E-state index in [1.807, 2.05) is 0 Å². The maximum atomic E-state index is 11.1. The van der Waals surface area contributed by atoms with Crippen LogP contribution in [0.2, 0.25) is 0 Å². The quantitative estimate of drug-likeness (QED) is 0.864. The Kier molecular flexibility index (Phi) is 2.55. The van der Waals surface area contributed by atoms with E-state index in [1.165, 1.54) is 6.20 Å². The molecule has 1 atom stereocenters. The van der Waals surface area contributed by atoms with Gasteiger partial charge in [0, 0.05) is 18.7 Å². The van der Waals surface area contributed by atoms with E-state index >= 15 is 0 Å². The van der Waals surface area contributed by atoms with Gasteiger partial charge in [0.2, 0.25) is 0 Å². The van der Waals surface area contributed by atoms with Gasteiger partial charge in [-0.3, -0.25) is 0 Å². The minimum absolute atomic E-state index is 0.0460. The maximum Gasteiger partial charge on any atom is 0.339 e. The van der Waals surface area contributed by atoms with Gasteiger partial charge >= 0.3 is 5.97 Å². The number of ether oxygens (including phenoxy) is 1. The van der Waals surface area contributed by atoms with Crippen molar-refractivity contribution in [3.8, 4) is 0 Å². The first-order valence-electron chi connectivity index (χ1n) is 5.97. The first kappa shape index (κ1) is 10.7. The molecule has 1 aromatic rings. The molecule has 2 heterocycles. The van der Waals surface area contributed by atoms with Crippen LogP contribution in [0.25, 0.3) is 0 Å². The lowest BCUT2D eigenvalue weighted by Crippen LogP contribution is -2.10. The SMILES string of the molecule is O=C(O)c1cnc(C2CCCO2)nc1C1CC1. The number of carbonyl (C=O) groups is 1. The molecule has 1 aliphatic carbocycles. The number of hydrogen-bond donors (Lipinski definition) is 1. The predicted octanol–water partition coefficient (Wildman–Crippen LogP) is 1.90. The summed E-state index contributed by atoms with van der Waals surface area (Å²) in [5.41, 5.74) is 0.937. The van der Waals surface area contributed by atoms with Crippen molar-refractivity contribution in [3.05, 3.63) is 23.3 Å². The predicted molar refractivity (Wildman–Crippen MR) is 58.9 cm³/mol. The van der Waals surface area contributed by atoms with Crippen molar-refractivity contribution in [2.24, 2.45) is 0 Å². The zero-order valence-electron chi connectivity index (χ0n) is 9.43. The monoisotopic (exact) mass is 234 g/mol. The van der Waals surface area contributed by atoms with E-state index in [9.17, 15) is 4.79 Å². The first-order valence-corrected chi connectivity index (χ1v) is 5.97. The van der Waals surface area contributed by atoms with Crippen LogP contribution in [0, 0.1) is 0 Å². The zero-order chi connectivity index (χ0) is 11.8. The lowest BCUT2D eigenvalue weighted by molar-refractivity contribution is 0.0693. The third-order valence-electron chi connectivity index (χ3n) is 3.25. The molecule has 2 fully saturated rings. The highest BCUT2D eigenvalue weighted by Gasteiger charge is 2.31. The van der Waals surface area contributed by atoms with E-state index in [0.29, 0.717) is 17.4 Å². The van der Waals surface area contributed by atoms with Crippen LogP contribution in [0.5, 0.6) is 0 Å². The molecule has 5 nitrogen and oxygen atoms in total. The molecule has 1 aromatic heterocycles. The lowest BCUT2D eigenvalue weighted by atomic mass is 10.1. The van der Waals surface area contributed by atoms with Crippen molar-refractivity contribution in [2.75, 3.05) is 6.61 Å². The van der Waals surface area contributed by atoms with Crippen LogP contribution in [-0.4, -0.2) is 27.7 Å². The fourth-order valence-electron chi connectivity index (χ4n) is 2.18. The molecule has 0 amide bonds. The van der Waals surface area contributed by atoms with Crippen LogP contribution in [0.3, 0.4) is 0 Å². The Morgan fingerprint density at radius 2 is 2.24 bits per heavy atom. The van der Waals surface area contributed by atoms with Gasteiger partial charge in [-0.1, -0.05) is 0 Å². The molecule has 1 N–H and O–H groups in total. The molecular weight excluding hydrogens is 220 g/mol. The summed E-state index contributed by atoms with van der Waals surface area (Å²) in [5, 5.41) is 9.09. The minimum atomic E-state index is -0.939. The average Bonchev–Trinajstić information content (AvgIpc) is 3.03. The van der Waals surface area contributed by atoms with Crippen LogP contribution < -0.4 is 0 Å². The van der Waals surface area contributed by atoms with Gasteiger partial charge in [0.15, 0.2) is 5.82 Å². The Labute approximate surface area is 98.8 Å². The second-order valence-corrected chi connectivity index (χ2v) is 4.61. The summed E-state index contributed by atoms with van der Waals surface area (Å²) >= 11 is 0. The van der Waals surface area contributed by atoms with Crippen LogP contribution in [0.4, 0.5) is 0 Å². The number of rotatable bonds is 3. The molecule has 1 saturated heterocycles. The average molecular weight is 234 g/mol. The van der Waals surface area contributed by atoms with Crippen molar-refractivity contribution in [1.82, 2.24) is 9.97 Å². The summed E-state index contributed by atoms with van der Waals surface area (Å²) < 4.78 is 5.52. The Balaban J connectivity index is 1.96. The van der Waals surface area contributed by atoms with Gasteiger partial charge in [-0.15, -0.1) is 0 Å². The number of nitrogens with zero attached hydrogens (tertiary/aromatic N) is 2. The third-order valence-corrected chi connectivity index (χ3v) is 3.25. The molecule has 0 bridgehead atoms. The van der Waals surface area contributed by atoms with Gasteiger partial charge in [-0.2, -0.15) is 0 Å². The zero-order valence-corrected chi connectivity index (χ0v) is 9.43. The molecule has 0 spiro atoms. The molecule has 17 heavy (non-hydrogen) atoms. The molecule has 1 unspecified atom stereocenters. The van der Waals surface area contributed by atoms with Gasteiger partial charge in [0.25, 0.3) is 0 Å². The third kappa shape index (κ3) is 2.02. The number of carboxylic acids is 1. The van der Waals surface area contributed by atoms with Crippen LogP contribution >= 0.6 is 0 Å². The summed E-state index contributed by atoms with van der Waals surface area (Å²) in [4.78, 5) is 19.6. The first-order chi connectivity index (χ1) is 8.25. The standard InChI is InChI=1S/C12H14N2O3/c15-12(16)8-6-13-11(9-2-1-5-17-9)14-10(8)7-3-4-7/h6-7,9H,1-5H2,(H,15,16). The van der Waals surface area contributed by atoms with E-state index in [1.54, 1.807) is 0 Å². The van der Waals surface area contributed by atoms with E-state index in [4.69, 9.17) is 9.84 Å². The van der Waals surface area contributed by atoms with Crippen molar-refractivity contribution in [3.63, 3.8) is 0 Å². The highest BCUT2D eigenvalue weighted by atomic mass is 16.5. The minimum Gasteiger partial charge on any atom is -0.478 e. The fourth-order valence-corrected chi connectivity index (χ4v) is 2.18. The van der Waals surface area contributed by atoms with E-state index in [0.717, 1.165) is 32.3 Å². The van der Waals surface area contributed by atoms with E-state index in [2.05, 4.69) is 9.97 Å². The summed E-state index contributed by atoms with van der Waals surface area (Å²) in [6.07, 6.45) is 5.39. The second kappa shape index (κ2) is 4.07. The van der Waals surface area contributed by atoms with Gasteiger partial charge in [0.05, 0.1) is 11.3 Å². The largest absolute Gasteiger partial charge is 0.478 e. The maximum absolute atomic E-state index is 11.1. The number of hydrogen-bond acceptors (Lipinski definition) is 4. The van der Waals surface area contributed by atoms with Crippen molar-refractivity contribution < 1.29 is 14.6 Å². The molecule has 0 aromatic carbocycles. The van der Waals surface area contributed by atoms with E-state index in [-0.39, 0.29) is 11.7 Å². The van der Waals surface area contributed by atoms with Gasteiger partial charge in [-0.05, 0) is 25.7 Å². The van der Waals surface area contributed by atoms with Crippen LogP contribution in [0.15, 0.2) is 6.20 Å². The molecule has 1 saturated carbocycles. The number of aromatic nitrogens is 2. The second-order valence-electron chi connectivity index (χ2n) is 4.61. The van der Waals surface area contributed by atoms with Crippen molar-refractivity contribution in [2.45, 2.75) is 37.7 Å². The lowest BCUT2D eigenvalue weighted by Gasteiger charge is -2.10. The van der Waals surface area contributed by atoms with Gasteiger partial charge in [-0.25, -0.2) is 14.8 Å². The Morgan fingerprint density at radius 3 is 2.82 bits per heavy atom. The molecule has 2 aliphatic rings. The van der Waals surface area contributed by atoms with E-state index < -0.39 is 5.97 Å². The molecule has 0 radical (unpaired) electrons. The highest BCUT2D eigenvalue weighted by molar-refractivity contribution is 5.88. The van der Waals surface area contributed by atoms with Gasteiger partial charge in [0.1, 0.15) is 6.10 Å². The summed E-state index contributed by atoms with van der Waals surface area (Å²) in [6.45, 7) is 0.744. The number of carboxylic acid groups (broad SMARTS) is 1. The van der Waals surface area contributed by atoms with Crippen molar-refractivity contribution in [1.29, 1.82) is 0 Å². The Hall–Kier alpha value is -1.49. The van der Waals surface area contributed by atoms with Crippen molar-refractivity contribution >= 4 is 5.97 Å². The number of aromatic carboxylic acids is 1. The Morgan fingerprint density at radius 1 is 1.41 bits per heavy atom. The summed E-state index contributed by atoms with van der Waals surface area (Å²) in [5.74, 6) is 0.0180. The molecular formula is C12H14N2O3. The normalized spacial score (nSPS) is 23.9. The highest BCUT2D eigenvalue weighted by Crippen LogP contribution is 2.41. The summed E-state index contributed by atoms with van der Waals surface area (Å²) in [7, 11) is 0.